The summed E-state index contributed by atoms with van der Waals surface area (Å²) < 4.78 is 7.61. The van der Waals surface area contributed by atoms with Gasteiger partial charge >= 0.3 is 0 Å². The monoisotopic (exact) mass is 445 g/mol. The maximum absolute atomic E-state index is 12.7. The molecule has 0 radical (unpaired) electrons. The first kappa shape index (κ1) is 22.9. The van der Waals surface area contributed by atoms with Gasteiger partial charge in [-0.3, -0.25) is 4.79 Å². The molecule has 5 nitrogen and oxygen atoms in total. The maximum atomic E-state index is 12.7. The van der Waals surface area contributed by atoms with Crippen molar-refractivity contribution in [3.8, 4) is 17.5 Å². The van der Waals surface area contributed by atoms with Crippen LogP contribution in [-0.4, -0.2) is 17.1 Å². The second-order valence-corrected chi connectivity index (χ2v) is 7.70. The predicted molar refractivity (Wildman–Crippen MR) is 129 cm³/mol. The molecule has 6 heteroatoms. The molecule has 0 bridgehead atoms. The summed E-state index contributed by atoms with van der Waals surface area (Å²) >= 11 is 6.13. The summed E-state index contributed by atoms with van der Waals surface area (Å²) in [6.45, 7) is 9.85. The molecular weight excluding hydrogens is 422 g/mol. The van der Waals surface area contributed by atoms with E-state index in [2.05, 4.69) is 16.5 Å². The highest BCUT2D eigenvalue weighted by molar-refractivity contribution is 6.31. The van der Waals surface area contributed by atoms with Crippen LogP contribution < -0.4 is 10.1 Å². The first-order chi connectivity index (χ1) is 15.3. The van der Waals surface area contributed by atoms with Crippen molar-refractivity contribution in [1.82, 2.24) is 4.57 Å². The van der Waals surface area contributed by atoms with Crippen LogP contribution >= 0.6 is 11.6 Å². The van der Waals surface area contributed by atoms with Gasteiger partial charge in [-0.2, -0.15) is 5.26 Å². The fourth-order valence-electron chi connectivity index (χ4n) is 3.41. The molecule has 162 valence electrons. The van der Waals surface area contributed by atoms with Crippen LogP contribution in [0.25, 0.3) is 11.8 Å². The summed E-state index contributed by atoms with van der Waals surface area (Å²) in [6, 6.07) is 16.9. The summed E-state index contributed by atoms with van der Waals surface area (Å²) in [6.07, 6.45) is 3.30. The third kappa shape index (κ3) is 4.93. The van der Waals surface area contributed by atoms with E-state index in [0.29, 0.717) is 17.3 Å². The van der Waals surface area contributed by atoms with E-state index in [1.165, 1.54) is 0 Å². The minimum atomic E-state index is -0.480. The molecule has 1 amide bonds. The van der Waals surface area contributed by atoms with E-state index in [0.717, 1.165) is 34.0 Å². The van der Waals surface area contributed by atoms with Gasteiger partial charge in [-0.05, 0) is 80.4 Å². The summed E-state index contributed by atoms with van der Waals surface area (Å²) in [5.74, 6) is 0.280. The summed E-state index contributed by atoms with van der Waals surface area (Å²) in [4.78, 5) is 12.7. The van der Waals surface area contributed by atoms with Gasteiger partial charge in [0.1, 0.15) is 24.0 Å². The maximum Gasteiger partial charge on any atom is 0.266 e. The van der Waals surface area contributed by atoms with E-state index in [4.69, 9.17) is 16.3 Å². The van der Waals surface area contributed by atoms with Crippen LogP contribution in [0, 0.1) is 32.1 Å². The lowest BCUT2D eigenvalue weighted by molar-refractivity contribution is -0.112. The number of hydrogen-bond acceptors (Lipinski definition) is 3. The van der Waals surface area contributed by atoms with Crippen LogP contribution in [-0.2, 0) is 4.79 Å². The third-order valence-corrected chi connectivity index (χ3v) is 5.52. The van der Waals surface area contributed by atoms with Crippen molar-refractivity contribution in [2.45, 2.75) is 20.8 Å². The Kier molecular flexibility index (Phi) is 7.19. The van der Waals surface area contributed by atoms with Crippen molar-refractivity contribution in [3.63, 3.8) is 0 Å². The number of nitrogens with one attached hydrogen (secondary N) is 1. The third-order valence-electron chi connectivity index (χ3n) is 5.11. The van der Waals surface area contributed by atoms with Gasteiger partial charge in [0, 0.05) is 27.8 Å². The highest BCUT2D eigenvalue weighted by Crippen LogP contribution is 2.26. The van der Waals surface area contributed by atoms with Crippen molar-refractivity contribution in [1.29, 1.82) is 5.26 Å². The number of aryl methyl sites for hydroxylation is 1. The summed E-state index contributed by atoms with van der Waals surface area (Å²) in [5, 5.41) is 12.9. The highest BCUT2D eigenvalue weighted by atomic mass is 35.5. The second-order valence-electron chi connectivity index (χ2n) is 7.29. The molecule has 0 fully saturated rings. The molecule has 3 aromatic rings. The predicted octanol–water partition coefficient (Wildman–Crippen LogP) is 6.17. The number of carbonyl (C=O) groups excluding carboxylic acids is 1. The van der Waals surface area contributed by atoms with Crippen LogP contribution in [0.4, 0.5) is 5.69 Å². The number of benzene rings is 2. The first-order valence-corrected chi connectivity index (χ1v) is 10.4. The average Bonchev–Trinajstić information content (AvgIpc) is 3.06. The molecule has 0 spiro atoms. The number of ether oxygens (including phenoxy) is 1. The Morgan fingerprint density at radius 1 is 1.22 bits per heavy atom. The van der Waals surface area contributed by atoms with Gasteiger partial charge in [-0.25, -0.2) is 0 Å². The number of rotatable bonds is 7. The Labute approximate surface area is 193 Å². The zero-order valence-electron chi connectivity index (χ0n) is 18.3. The average molecular weight is 446 g/mol. The van der Waals surface area contributed by atoms with E-state index >= 15 is 0 Å². The van der Waals surface area contributed by atoms with Crippen molar-refractivity contribution in [3.05, 3.63) is 94.3 Å². The Bertz CT molecular complexity index is 1230. The number of nitriles is 1. The molecule has 0 unspecified atom stereocenters. The van der Waals surface area contributed by atoms with Gasteiger partial charge in [0.15, 0.2) is 0 Å². The molecule has 0 saturated carbocycles. The van der Waals surface area contributed by atoms with E-state index in [1.807, 2.05) is 57.2 Å². The smallest absolute Gasteiger partial charge is 0.266 e. The number of halogens is 1. The van der Waals surface area contributed by atoms with E-state index in [1.54, 1.807) is 30.4 Å². The summed E-state index contributed by atoms with van der Waals surface area (Å²) in [5.41, 5.74) is 5.00. The van der Waals surface area contributed by atoms with Crippen molar-refractivity contribution in [2.24, 2.45) is 0 Å². The van der Waals surface area contributed by atoms with Crippen molar-refractivity contribution < 1.29 is 9.53 Å². The number of nitrogens with zero attached hydrogens (tertiary/aromatic N) is 2. The molecule has 0 aliphatic rings. The normalized spacial score (nSPS) is 11.0. The second kappa shape index (κ2) is 10.0. The minimum absolute atomic E-state index is 0.0119. The fraction of sp³-hybridized carbons (Fsp3) is 0.154. The molecular formula is C26H24ClN3O2. The molecule has 1 aromatic heterocycles. The van der Waals surface area contributed by atoms with Crippen LogP contribution in [0.1, 0.15) is 22.5 Å². The zero-order valence-corrected chi connectivity index (χ0v) is 19.0. The van der Waals surface area contributed by atoms with Gasteiger partial charge in [0.05, 0.1) is 0 Å². The fourth-order valence-corrected chi connectivity index (χ4v) is 3.59. The molecule has 1 heterocycles. The van der Waals surface area contributed by atoms with Crippen molar-refractivity contribution in [2.75, 3.05) is 11.9 Å². The van der Waals surface area contributed by atoms with Crippen LogP contribution in [0.15, 0.2) is 66.8 Å². The lowest BCUT2D eigenvalue weighted by atomic mass is 10.1. The van der Waals surface area contributed by atoms with Gasteiger partial charge in [-0.1, -0.05) is 30.3 Å². The van der Waals surface area contributed by atoms with E-state index < -0.39 is 5.91 Å². The standard InChI is InChI=1S/C26H24ClN3O2/c1-5-13-32-23-11-9-22(10-12-23)30-17(2)14-20(19(30)4)15-21(16-28)26(31)29-25-8-6-7-24(27)18(25)3/h5-12,14-15H,1,13H2,2-4H3,(H,29,31)/b21-15-. The van der Waals surface area contributed by atoms with Crippen LogP contribution in [0.3, 0.4) is 0 Å². The van der Waals surface area contributed by atoms with Crippen molar-refractivity contribution >= 4 is 29.3 Å². The first-order valence-electron chi connectivity index (χ1n) is 10.1. The van der Waals surface area contributed by atoms with Crippen LogP contribution in [0.5, 0.6) is 5.75 Å². The quantitative estimate of drug-likeness (QED) is 0.269. The summed E-state index contributed by atoms with van der Waals surface area (Å²) in [7, 11) is 0. The van der Waals surface area contributed by atoms with E-state index in [9.17, 15) is 10.1 Å². The molecule has 0 saturated heterocycles. The van der Waals surface area contributed by atoms with Gasteiger partial charge in [-0.15, -0.1) is 0 Å². The molecule has 0 atom stereocenters. The number of aromatic nitrogens is 1. The largest absolute Gasteiger partial charge is 0.490 e. The molecule has 0 aliphatic heterocycles. The number of anilines is 1. The number of carbonyl (C=O) groups is 1. The number of amides is 1. The Balaban J connectivity index is 1.89. The minimum Gasteiger partial charge on any atom is -0.490 e. The molecule has 0 aliphatic carbocycles. The molecule has 32 heavy (non-hydrogen) atoms. The highest BCUT2D eigenvalue weighted by Gasteiger charge is 2.15. The zero-order chi connectivity index (χ0) is 23.3. The van der Waals surface area contributed by atoms with Gasteiger partial charge < -0.3 is 14.6 Å². The molecule has 1 N–H and O–H groups in total. The lowest BCUT2D eigenvalue weighted by Crippen LogP contribution is -2.14. The number of hydrogen-bond donors (Lipinski definition) is 1. The Hall–Kier alpha value is -3.75. The van der Waals surface area contributed by atoms with Gasteiger partial charge in [0.25, 0.3) is 5.91 Å². The Morgan fingerprint density at radius 3 is 2.59 bits per heavy atom. The van der Waals surface area contributed by atoms with Crippen LogP contribution in [0.2, 0.25) is 5.02 Å². The van der Waals surface area contributed by atoms with Gasteiger partial charge in [0.2, 0.25) is 0 Å². The molecule has 2 aromatic carbocycles. The SMILES string of the molecule is C=CCOc1ccc(-n2c(C)cc(/C=C(/C#N)C(=O)Nc3cccc(Cl)c3C)c2C)cc1. The topological polar surface area (TPSA) is 67.0 Å². The van der Waals surface area contributed by atoms with E-state index in [-0.39, 0.29) is 5.57 Å². The Morgan fingerprint density at radius 2 is 1.94 bits per heavy atom. The molecule has 3 rings (SSSR count). The lowest BCUT2D eigenvalue weighted by Gasteiger charge is -2.11.